The molecule has 1 saturated carbocycles. The normalized spacial score (nSPS) is 23.1. The number of rotatable bonds is 3. The monoisotopic (exact) mass is 340 g/mol. The minimum Gasteiger partial charge on any atom is -0.314 e. The molecule has 20 heavy (non-hydrogen) atoms. The molecular weight excluding hydrogens is 319 g/mol. The van der Waals surface area contributed by atoms with Gasteiger partial charge >= 0.3 is 0 Å². The van der Waals surface area contributed by atoms with E-state index in [1.54, 1.807) is 12.1 Å². The molecule has 0 radical (unpaired) electrons. The van der Waals surface area contributed by atoms with E-state index in [1.165, 1.54) is 25.7 Å². The number of hydrogen-bond donors (Lipinski definition) is 1. The van der Waals surface area contributed by atoms with Crippen molar-refractivity contribution in [3.05, 3.63) is 34.1 Å². The van der Waals surface area contributed by atoms with Crippen LogP contribution in [0.25, 0.3) is 0 Å². The summed E-state index contributed by atoms with van der Waals surface area (Å²) in [5.41, 5.74) is 1.14. The second-order valence-corrected chi connectivity index (χ2v) is 6.89. The summed E-state index contributed by atoms with van der Waals surface area (Å²) in [5.74, 6) is 0.550. The van der Waals surface area contributed by atoms with E-state index in [1.807, 2.05) is 0 Å². The molecule has 2 fully saturated rings. The zero-order valence-electron chi connectivity index (χ0n) is 11.7. The van der Waals surface area contributed by atoms with Crippen molar-refractivity contribution >= 4 is 15.9 Å². The minimum atomic E-state index is -0.132. The van der Waals surface area contributed by atoms with Crippen LogP contribution in [-0.2, 0) is 0 Å². The fourth-order valence-corrected chi connectivity index (χ4v) is 4.24. The summed E-state index contributed by atoms with van der Waals surface area (Å²) in [7, 11) is 0. The summed E-state index contributed by atoms with van der Waals surface area (Å²) >= 11 is 3.44. The molecule has 1 N–H and O–H groups in total. The van der Waals surface area contributed by atoms with Crippen molar-refractivity contribution < 1.29 is 4.39 Å². The van der Waals surface area contributed by atoms with Gasteiger partial charge < -0.3 is 5.32 Å². The van der Waals surface area contributed by atoms with Gasteiger partial charge in [-0.15, -0.1) is 0 Å². The molecule has 0 spiro atoms. The van der Waals surface area contributed by atoms with Gasteiger partial charge in [0.1, 0.15) is 5.82 Å². The number of halogens is 2. The van der Waals surface area contributed by atoms with Crippen molar-refractivity contribution in [3.63, 3.8) is 0 Å². The molecule has 4 heteroatoms. The van der Waals surface area contributed by atoms with Gasteiger partial charge in [-0.2, -0.15) is 0 Å². The van der Waals surface area contributed by atoms with Gasteiger partial charge in [-0.25, -0.2) is 4.39 Å². The van der Waals surface area contributed by atoms with Crippen molar-refractivity contribution in [2.75, 3.05) is 26.2 Å². The van der Waals surface area contributed by atoms with Crippen LogP contribution in [-0.4, -0.2) is 31.1 Å². The van der Waals surface area contributed by atoms with Gasteiger partial charge in [0.05, 0.1) is 0 Å². The maximum Gasteiger partial charge on any atom is 0.124 e. The molecule has 110 valence electrons. The fraction of sp³-hybridized carbons (Fsp3) is 0.625. The number of nitrogens with one attached hydrogen (secondary N) is 1. The lowest BCUT2D eigenvalue weighted by molar-refractivity contribution is 0.125. The first-order chi connectivity index (χ1) is 9.74. The summed E-state index contributed by atoms with van der Waals surface area (Å²) in [6, 6.07) is 5.77. The third-order valence-corrected chi connectivity index (χ3v) is 5.08. The highest BCUT2D eigenvalue weighted by Gasteiger charge is 2.32. The van der Waals surface area contributed by atoms with E-state index in [4.69, 9.17) is 0 Å². The Labute approximate surface area is 128 Å². The smallest absolute Gasteiger partial charge is 0.124 e. The quantitative estimate of drug-likeness (QED) is 0.901. The van der Waals surface area contributed by atoms with Crippen molar-refractivity contribution in [2.24, 2.45) is 5.92 Å². The van der Waals surface area contributed by atoms with Crippen LogP contribution in [0.1, 0.15) is 37.3 Å². The molecule has 1 saturated heterocycles. The average molecular weight is 341 g/mol. The molecule has 2 aliphatic rings. The molecule has 1 aliphatic heterocycles. The van der Waals surface area contributed by atoms with Crippen LogP contribution in [0.2, 0.25) is 0 Å². The van der Waals surface area contributed by atoms with Gasteiger partial charge in [0.15, 0.2) is 0 Å². The molecule has 0 amide bonds. The average Bonchev–Trinajstić information content (AvgIpc) is 2.93. The van der Waals surface area contributed by atoms with Gasteiger partial charge in [0, 0.05) is 36.7 Å². The van der Waals surface area contributed by atoms with E-state index < -0.39 is 0 Å². The second-order valence-electron chi connectivity index (χ2n) is 5.98. The van der Waals surface area contributed by atoms with Gasteiger partial charge in [-0.05, 0) is 42.5 Å². The number of hydrogen-bond acceptors (Lipinski definition) is 2. The number of benzene rings is 1. The Hall–Kier alpha value is -0.450. The Kier molecular flexibility index (Phi) is 4.74. The van der Waals surface area contributed by atoms with E-state index in [0.29, 0.717) is 12.0 Å². The Balaban J connectivity index is 1.90. The van der Waals surface area contributed by atoms with E-state index in [-0.39, 0.29) is 5.82 Å². The first-order valence-electron chi connectivity index (χ1n) is 7.65. The Morgan fingerprint density at radius 1 is 1.15 bits per heavy atom. The van der Waals surface area contributed by atoms with Crippen LogP contribution in [0.15, 0.2) is 22.7 Å². The van der Waals surface area contributed by atoms with E-state index >= 15 is 0 Å². The lowest BCUT2D eigenvalue weighted by Gasteiger charge is -2.38. The van der Waals surface area contributed by atoms with E-state index in [0.717, 1.165) is 36.2 Å². The lowest BCUT2D eigenvalue weighted by Crippen LogP contribution is -2.46. The Morgan fingerprint density at radius 2 is 1.85 bits per heavy atom. The number of piperazine rings is 1. The van der Waals surface area contributed by atoms with Crippen molar-refractivity contribution in [1.82, 2.24) is 10.2 Å². The zero-order valence-corrected chi connectivity index (χ0v) is 13.3. The van der Waals surface area contributed by atoms with Gasteiger partial charge in [0.25, 0.3) is 0 Å². The highest BCUT2D eigenvalue weighted by atomic mass is 79.9. The third-order valence-electron chi connectivity index (χ3n) is 4.62. The van der Waals surface area contributed by atoms with Crippen LogP contribution < -0.4 is 5.32 Å². The summed E-state index contributed by atoms with van der Waals surface area (Å²) in [6.07, 6.45) is 5.21. The third kappa shape index (κ3) is 3.23. The Morgan fingerprint density at radius 3 is 2.50 bits per heavy atom. The van der Waals surface area contributed by atoms with E-state index in [9.17, 15) is 4.39 Å². The van der Waals surface area contributed by atoms with Crippen molar-refractivity contribution in [3.8, 4) is 0 Å². The largest absolute Gasteiger partial charge is 0.314 e. The van der Waals surface area contributed by atoms with Gasteiger partial charge in [-0.3, -0.25) is 4.90 Å². The van der Waals surface area contributed by atoms with Crippen LogP contribution in [0.4, 0.5) is 4.39 Å². The van der Waals surface area contributed by atoms with Crippen molar-refractivity contribution in [2.45, 2.75) is 31.7 Å². The molecule has 1 aliphatic carbocycles. The summed E-state index contributed by atoms with van der Waals surface area (Å²) in [4.78, 5) is 2.55. The maximum absolute atomic E-state index is 13.8. The number of nitrogens with zero attached hydrogens (tertiary/aromatic N) is 1. The van der Waals surface area contributed by atoms with E-state index in [2.05, 4.69) is 32.2 Å². The lowest BCUT2D eigenvalue weighted by atomic mass is 9.89. The summed E-state index contributed by atoms with van der Waals surface area (Å²) < 4.78 is 14.6. The zero-order chi connectivity index (χ0) is 13.9. The Bertz CT molecular complexity index is 434. The van der Waals surface area contributed by atoms with Crippen LogP contribution in [0.3, 0.4) is 0 Å². The van der Waals surface area contributed by atoms with Gasteiger partial charge in [0.2, 0.25) is 0 Å². The SMILES string of the molecule is Fc1cc(Br)cc([C@@H](C2CCCC2)N2CCNCC2)c1. The molecule has 1 aromatic rings. The fourth-order valence-electron chi connectivity index (χ4n) is 3.76. The van der Waals surface area contributed by atoms with Crippen LogP contribution in [0.5, 0.6) is 0 Å². The summed E-state index contributed by atoms with van der Waals surface area (Å²) in [5, 5.41) is 3.41. The summed E-state index contributed by atoms with van der Waals surface area (Å²) in [6.45, 7) is 4.21. The second kappa shape index (κ2) is 6.54. The predicted octanol–water partition coefficient (Wildman–Crippen LogP) is 3.72. The standard InChI is InChI=1S/C16H22BrFN2/c17-14-9-13(10-15(18)11-14)16(12-3-1-2-4-12)20-7-5-19-6-8-20/h9-12,16,19H,1-8H2/t16-/m1/s1. The molecule has 2 nitrogen and oxygen atoms in total. The molecule has 1 heterocycles. The highest BCUT2D eigenvalue weighted by molar-refractivity contribution is 9.10. The first kappa shape index (κ1) is 14.5. The molecule has 3 rings (SSSR count). The molecule has 0 unspecified atom stereocenters. The molecule has 1 aromatic carbocycles. The minimum absolute atomic E-state index is 0.132. The molecule has 0 bridgehead atoms. The molecule has 1 atom stereocenters. The maximum atomic E-state index is 13.8. The van der Waals surface area contributed by atoms with Crippen LogP contribution in [0, 0.1) is 11.7 Å². The highest BCUT2D eigenvalue weighted by Crippen LogP contribution is 2.40. The first-order valence-corrected chi connectivity index (χ1v) is 8.44. The van der Waals surface area contributed by atoms with Gasteiger partial charge in [-0.1, -0.05) is 28.8 Å². The topological polar surface area (TPSA) is 15.3 Å². The molecular formula is C16H22BrFN2. The molecule has 0 aromatic heterocycles. The van der Waals surface area contributed by atoms with Crippen molar-refractivity contribution in [1.29, 1.82) is 0 Å². The van der Waals surface area contributed by atoms with Crippen LogP contribution >= 0.6 is 15.9 Å². The predicted molar refractivity (Wildman–Crippen MR) is 83.2 cm³/mol.